The second-order valence-corrected chi connectivity index (χ2v) is 4.51. The molecule has 15 heavy (non-hydrogen) atoms. The summed E-state index contributed by atoms with van der Waals surface area (Å²) in [4.78, 5) is 0. The van der Waals surface area contributed by atoms with E-state index < -0.39 is 0 Å². The zero-order chi connectivity index (χ0) is 10.8. The summed E-state index contributed by atoms with van der Waals surface area (Å²) in [5, 5.41) is 3.35. The largest absolute Gasteiger partial charge is 0.486 e. The van der Waals surface area contributed by atoms with Gasteiger partial charge in [0.25, 0.3) is 0 Å². The molecule has 0 spiro atoms. The van der Waals surface area contributed by atoms with Crippen LogP contribution in [0, 0.1) is 5.92 Å². The predicted octanol–water partition coefficient (Wildman–Crippen LogP) is 2.49. The van der Waals surface area contributed by atoms with E-state index in [1.54, 1.807) is 0 Å². The molecule has 3 N–H and O–H groups in total. The maximum absolute atomic E-state index is 5.88. The van der Waals surface area contributed by atoms with Gasteiger partial charge in [0.05, 0.1) is 12.2 Å². The van der Waals surface area contributed by atoms with E-state index in [-0.39, 0.29) is 6.10 Å². The maximum Gasteiger partial charge on any atom is 0.143 e. The normalized spacial score (nSPS) is 19.3. The van der Waals surface area contributed by atoms with Crippen molar-refractivity contribution in [1.29, 1.82) is 0 Å². The summed E-state index contributed by atoms with van der Waals surface area (Å²) in [5.41, 5.74) is 7.48. The fourth-order valence-corrected chi connectivity index (χ4v) is 1.89. The van der Waals surface area contributed by atoms with Gasteiger partial charge in [0.2, 0.25) is 0 Å². The third-order valence-electron chi connectivity index (χ3n) is 2.55. The Bertz CT molecular complexity index is 349. The molecule has 1 aliphatic rings. The Balaban J connectivity index is 2.10. The zero-order valence-electron chi connectivity index (χ0n) is 9.29. The van der Waals surface area contributed by atoms with Gasteiger partial charge in [-0.15, -0.1) is 0 Å². The fraction of sp³-hybridized carbons (Fsp3) is 0.500. The molecular formula is C12H18N2O. The van der Waals surface area contributed by atoms with E-state index >= 15 is 0 Å². The summed E-state index contributed by atoms with van der Waals surface area (Å²) in [6, 6.07) is 5.73. The number of rotatable bonds is 2. The van der Waals surface area contributed by atoms with Gasteiger partial charge in [-0.3, -0.25) is 0 Å². The van der Waals surface area contributed by atoms with Crippen LogP contribution in [0.2, 0.25) is 0 Å². The molecule has 3 heteroatoms. The van der Waals surface area contributed by atoms with Gasteiger partial charge < -0.3 is 15.8 Å². The first-order valence-corrected chi connectivity index (χ1v) is 5.45. The summed E-state index contributed by atoms with van der Waals surface area (Å²) in [6.45, 7) is 5.29. The molecule has 2 rings (SSSR count). The van der Waals surface area contributed by atoms with Crippen LogP contribution in [0.3, 0.4) is 0 Å². The van der Waals surface area contributed by atoms with Crippen molar-refractivity contribution in [2.75, 3.05) is 17.6 Å². The third kappa shape index (κ3) is 2.35. The highest BCUT2D eigenvalue weighted by molar-refractivity contribution is 5.64. The van der Waals surface area contributed by atoms with Gasteiger partial charge in [-0.1, -0.05) is 13.8 Å². The van der Waals surface area contributed by atoms with Crippen molar-refractivity contribution < 1.29 is 4.74 Å². The molecule has 0 amide bonds. The number of hydrogen-bond donors (Lipinski definition) is 2. The lowest BCUT2D eigenvalue weighted by Gasteiger charge is -2.28. The molecular weight excluding hydrogens is 188 g/mol. The SMILES string of the molecule is CC(C)CC1CNc2cc(N)ccc2O1. The molecule has 3 nitrogen and oxygen atoms in total. The predicted molar refractivity (Wildman–Crippen MR) is 63.2 cm³/mol. The van der Waals surface area contributed by atoms with Crippen molar-refractivity contribution in [1.82, 2.24) is 0 Å². The third-order valence-corrected chi connectivity index (χ3v) is 2.55. The molecule has 0 saturated heterocycles. The number of fused-ring (bicyclic) bond motifs is 1. The molecule has 0 radical (unpaired) electrons. The van der Waals surface area contributed by atoms with Gasteiger partial charge in [-0.05, 0) is 30.5 Å². The van der Waals surface area contributed by atoms with Crippen LogP contribution in [0.15, 0.2) is 18.2 Å². The number of nitrogens with two attached hydrogens (primary N) is 1. The Morgan fingerprint density at radius 1 is 1.53 bits per heavy atom. The van der Waals surface area contributed by atoms with Gasteiger partial charge in [0.1, 0.15) is 11.9 Å². The van der Waals surface area contributed by atoms with Crippen molar-refractivity contribution in [3.8, 4) is 5.75 Å². The molecule has 1 unspecified atom stereocenters. The topological polar surface area (TPSA) is 47.3 Å². The van der Waals surface area contributed by atoms with E-state index in [0.717, 1.165) is 30.1 Å². The van der Waals surface area contributed by atoms with Gasteiger partial charge >= 0.3 is 0 Å². The van der Waals surface area contributed by atoms with E-state index in [1.165, 1.54) is 0 Å². The van der Waals surface area contributed by atoms with Crippen molar-refractivity contribution >= 4 is 11.4 Å². The summed E-state index contributed by atoms with van der Waals surface area (Å²) < 4.78 is 5.88. The molecule has 82 valence electrons. The minimum absolute atomic E-state index is 0.279. The van der Waals surface area contributed by atoms with Crippen LogP contribution in [0.1, 0.15) is 20.3 Å². The number of hydrogen-bond acceptors (Lipinski definition) is 3. The van der Waals surface area contributed by atoms with E-state index in [9.17, 15) is 0 Å². The Morgan fingerprint density at radius 2 is 2.33 bits per heavy atom. The van der Waals surface area contributed by atoms with Gasteiger partial charge in [0.15, 0.2) is 0 Å². The Labute approximate surface area is 90.6 Å². The standard InChI is InChI=1S/C12H18N2O/c1-8(2)5-10-7-14-11-6-9(13)3-4-12(11)15-10/h3-4,6,8,10,14H,5,7,13H2,1-2H3. The summed E-state index contributed by atoms with van der Waals surface area (Å²) >= 11 is 0. The first-order valence-electron chi connectivity index (χ1n) is 5.45. The molecule has 1 heterocycles. The summed E-state index contributed by atoms with van der Waals surface area (Å²) in [6.07, 6.45) is 1.36. The molecule has 0 saturated carbocycles. The van der Waals surface area contributed by atoms with Crippen LogP contribution in [-0.4, -0.2) is 12.6 Å². The molecule has 1 aliphatic heterocycles. The van der Waals surface area contributed by atoms with Crippen molar-refractivity contribution in [3.05, 3.63) is 18.2 Å². The van der Waals surface area contributed by atoms with Crippen LogP contribution in [0.5, 0.6) is 5.75 Å². The van der Waals surface area contributed by atoms with Crippen molar-refractivity contribution in [2.24, 2.45) is 5.92 Å². The highest BCUT2D eigenvalue weighted by atomic mass is 16.5. The number of ether oxygens (including phenoxy) is 1. The van der Waals surface area contributed by atoms with Gasteiger partial charge in [-0.2, -0.15) is 0 Å². The lowest BCUT2D eigenvalue weighted by Crippen LogP contribution is -2.31. The first-order chi connectivity index (χ1) is 7.15. The van der Waals surface area contributed by atoms with Gasteiger partial charge in [0, 0.05) is 5.69 Å². The average Bonchev–Trinajstić information content (AvgIpc) is 2.17. The second kappa shape index (κ2) is 4.01. The van der Waals surface area contributed by atoms with E-state index in [1.807, 2.05) is 18.2 Å². The zero-order valence-corrected chi connectivity index (χ0v) is 9.29. The van der Waals surface area contributed by atoms with Crippen LogP contribution in [-0.2, 0) is 0 Å². The van der Waals surface area contributed by atoms with Crippen LogP contribution in [0.25, 0.3) is 0 Å². The first kappa shape index (κ1) is 10.1. The Morgan fingerprint density at radius 3 is 3.07 bits per heavy atom. The average molecular weight is 206 g/mol. The smallest absolute Gasteiger partial charge is 0.143 e. The van der Waals surface area contributed by atoms with Crippen LogP contribution >= 0.6 is 0 Å². The maximum atomic E-state index is 5.88. The lowest BCUT2D eigenvalue weighted by molar-refractivity contribution is 0.179. The Kier molecular flexibility index (Phi) is 2.71. The number of nitrogen functional groups attached to an aromatic ring is 1. The molecule has 0 aromatic heterocycles. The monoisotopic (exact) mass is 206 g/mol. The molecule has 1 aromatic rings. The molecule has 0 bridgehead atoms. The quantitative estimate of drug-likeness (QED) is 0.731. The van der Waals surface area contributed by atoms with E-state index in [4.69, 9.17) is 10.5 Å². The minimum atomic E-state index is 0.279. The number of benzene rings is 1. The number of anilines is 2. The lowest BCUT2D eigenvalue weighted by atomic mass is 10.0. The van der Waals surface area contributed by atoms with Crippen molar-refractivity contribution in [3.63, 3.8) is 0 Å². The molecule has 1 atom stereocenters. The number of nitrogens with one attached hydrogen (secondary N) is 1. The molecule has 0 fully saturated rings. The minimum Gasteiger partial charge on any atom is -0.486 e. The van der Waals surface area contributed by atoms with Gasteiger partial charge in [-0.25, -0.2) is 0 Å². The highest BCUT2D eigenvalue weighted by Gasteiger charge is 2.19. The van der Waals surface area contributed by atoms with Crippen LogP contribution < -0.4 is 15.8 Å². The highest BCUT2D eigenvalue weighted by Crippen LogP contribution is 2.31. The fourth-order valence-electron chi connectivity index (χ4n) is 1.89. The van der Waals surface area contributed by atoms with Crippen LogP contribution in [0.4, 0.5) is 11.4 Å². The van der Waals surface area contributed by atoms with Crippen molar-refractivity contribution in [2.45, 2.75) is 26.4 Å². The second-order valence-electron chi connectivity index (χ2n) is 4.51. The summed E-state index contributed by atoms with van der Waals surface area (Å²) in [7, 11) is 0. The van der Waals surface area contributed by atoms with E-state index in [2.05, 4.69) is 19.2 Å². The molecule has 1 aromatic carbocycles. The summed E-state index contributed by atoms with van der Waals surface area (Å²) in [5.74, 6) is 1.58. The van der Waals surface area contributed by atoms with E-state index in [0.29, 0.717) is 5.92 Å². The molecule has 0 aliphatic carbocycles. The Hall–Kier alpha value is -1.38.